The fourth-order valence-corrected chi connectivity index (χ4v) is 0.991. The molecule has 1 unspecified atom stereocenters. The molecule has 0 saturated heterocycles. The molecule has 11 heavy (non-hydrogen) atoms. The average molecular weight is 162 g/mol. The van der Waals surface area contributed by atoms with Crippen LogP contribution in [0, 0.1) is 0 Å². The van der Waals surface area contributed by atoms with Crippen molar-refractivity contribution in [3.8, 4) is 0 Å². The van der Waals surface area contributed by atoms with Gasteiger partial charge in [-0.05, 0) is 6.42 Å². The summed E-state index contributed by atoms with van der Waals surface area (Å²) in [6.45, 7) is 2.09. The van der Waals surface area contributed by atoms with Crippen molar-refractivity contribution in [3.63, 3.8) is 0 Å². The second-order valence-corrected chi connectivity index (χ2v) is 2.87. The van der Waals surface area contributed by atoms with Gasteiger partial charge < -0.3 is 15.3 Å². The Morgan fingerprint density at radius 1 is 1.09 bits per heavy atom. The van der Waals surface area contributed by atoms with Crippen LogP contribution in [0.1, 0.15) is 39.0 Å². The first-order valence-corrected chi connectivity index (χ1v) is 4.21. The van der Waals surface area contributed by atoms with Gasteiger partial charge in [0.1, 0.15) is 0 Å². The van der Waals surface area contributed by atoms with E-state index < -0.39 is 12.4 Å². The number of aliphatic hydroxyl groups is 3. The largest absolute Gasteiger partial charge is 0.393 e. The van der Waals surface area contributed by atoms with E-state index >= 15 is 0 Å². The van der Waals surface area contributed by atoms with Crippen LogP contribution >= 0.6 is 0 Å². The van der Waals surface area contributed by atoms with Crippen molar-refractivity contribution in [2.45, 2.75) is 51.4 Å². The molecule has 0 aliphatic heterocycles. The summed E-state index contributed by atoms with van der Waals surface area (Å²) in [5.41, 5.74) is 0. The molecular formula is C8H18O3. The van der Waals surface area contributed by atoms with Crippen LogP contribution in [-0.4, -0.2) is 27.7 Å². The lowest BCUT2D eigenvalue weighted by Crippen LogP contribution is -2.16. The predicted molar refractivity (Wildman–Crippen MR) is 43.0 cm³/mol. The molecule has 0 saturated carbocycles. The van der Waals surface area contributed by atoms with Crippen LogP contribution < -0.4 is 0 Å². The number of hydrogen-bond acceptors (Lipinski definition) is 3. The van der Waals surface area contributed by atoms with Gasteiger partial charge in [0, 0.05) is 6.42 Å². The molecule has 0 aromatic heterocycles. The van der Waals surface area contributed by atoms with Gasteiger partial charge in [-0.25, -0.2) is 0 Å². The van der Waals surface area contributed by atoms with Crippen LogP contribution in [0.3, 0.4) is 0 Å². The van der Waals surface area contributed by atoms with Crippen molar-refractivity contribution in [1.82, 2.24) is 0 Å². The van der Waals surface area contributed by atoms with Crippen molar-refractivity contribution in [2.24, 2.45) is 0 Å². The van der Waals surface area contributed by atoms with E-state index in [9.17, 15) is 0 Å². The Kier molecular flexibility index (Phi) is 6.51. The fraction of sp³-hybridized carbons (Fsp3) is 1.00. The van der Waals surface area contributed by atoms with E-state index in [1.165, 1.54) is 0 Å². The molecule has 0 aromatic carbocycles. The van der Waals surface area contributed by atoms with E-state index in [4.69, 9.17) is 15.3 Å². The molecule has 3 heteroatoms. The monoisotopic (exact) mass is 162 g/mol. The Morgan fingerprint density at radius 3 is 2.18 bits per heavy atom. The standard InChI is InChI=1S/C8H18O3/c1-2-3-4-5-7(9)6-8(10)11/h7-11H,2-6H2,1H3. The van der Waals surface area contributed by atoms with Crippen LogP contribution in [-0.2, 0) is 0 Å². The zero-order valence-electron chi connectivity index (χ0n) is 7.03. The molecule has 0 spiro atoms. The van der Waals surface area contributed by atoms with E-state index in [0.717, 1.165) is 19.3 Å². The van der Waals surface area contributed by atoms with Gasteiger partial charge in [-0.2, -0.15) is 0 Å². The highest BCUT2D eigenvalue weighted by atomic mass is 16.5. The lowest BCUT2D eigenvalue weighted by molar-refractivity contribution is -0.0708. The van der Waals surface area contributed by atoms with Crippen LogP contribution in [0.4, 0.5) is 0 Å². The van der Waals surface area contributed by atoms with Gasteiger partial charge >= 0.3 is 0 Å². The summed E-state index contributed by atoms with van der Waals surface area (Å²) in [6.07, 6.45) is 2.00. The Balaban J connectivity index is 3.15. The lowest BCUT2D eigenvalue weighted by Gasteiger charge is -2.10. The zero-order valence-corrected chi connectivity index (χ0v) is 7.03. The van der Waals surface area contributed by atoms with Crippen LogP contribution in [0.25, 0.3) is 0 Å². The molecule has 3 nitrogen and oxygen atoms in total. The smallest absolute Gasteiger partial charge is 0.153 e. The topological polar surface area (TPSA) is 60.7 Å². The zero-order chi connectivity index (χ0) is 8.69. The van der Waals surface area contributed by atoms with Crippen LogP contribution in [0.2, 0.25) is 0 Å². The first-order chi connectivity index (χ1) is 5.16. The van der Waals surface area contributed by atoms with Gasteiger partial charge in [-0.15, -0.1) is 0 Å². The number of rotatable bonds is 6. The minimum atomic E-state index is -1.37. The van der Waals surface area contributed by atoms with Crippen LogP contribution in [0.5, 0.6) is 0 Å². The third kappa shape index (κ3) is 7.78. The van der Waals surface area contributed by atoms with Crippen molar-refractivity contribution in [2.75, 3.05) is 0 Å². The van der Waals surface area contributed by atoms with E-state index in [1.807, 2.05) is 0 Å². The van der Waals surface area contributed by atoms with E-state index in [1.54, 1.807) is 0 Å². The maximum atomic E-state index is 9.13. The van der Waals surface area contributed by atoms with Gasteiger partial charge in [0.2, 0.25) is 0 Å². The first-order valence-electron chi connectivity index (χ1n) is 4.21. The van der Waals surface area contributed by atoms with Gasteiger partial charge in [0.05, 0.1) is 6.10 Å². The predicted octanol–water partition coefficient (Wildman–Crippen LogP) is 0.628. The van der Waals surface area contributed by atoms with Gasteiger partial charge in [0.15, 0.2) is 6.29 Å². The second-order valence-electron chi connectivity index (χ2n) is 2.87. The summed E-state index contributed by atoms with van der Waals surface area (Å²) in [5.74, 6) is 0. The minimum absolute atomic E-state index is 0.0731. The van der Waals surface area contributed by atoms with E-state index in [0.29, 0.717) is 6.42 Å². The molecule has 68 valence electrons. The molecule has 0 aliphatic rings. The molecule has 0 aromatic rings. The number of aliphatic hydroxyl groups excluding tert-OH is 2. The summed E-state index contributed by atoms with van der Waals surface area (Å²) in [7, 11) is 0. The van der Waals surface area contributed by atoms with Gasteiger partial charge in [-0.1, -0.05) is 26.2 Å². The molecule has 0 radical (unpaired) electrons. The quantitative estimate of drug-likeness (QED) is 0.396. The first kappa shape index (κ1) is 10.9. The molecule has 0 amide bonds. The van der Waals surface area contributed by atoms with Crippen molar-refractivity contribution in [1.29, 1.82) is 0 Å². The Labute approximate surface area is 67.7 Å². The highest BCUT2D eigenvalue weighted by Gasteiger charge is 2.07. The maximum Gasteiger partial charge on any atom is 0.153 e. The Bertz CT molecular complexity index is 83.4. The molecule has 0 aliphatic carbocycles. The van der Waals surface area contributed by atoms with Crippen molar-refractivity contribution in [3.05, 3.63) is 0 Å². The molecule has 0 fully saturated rings. The summed E-state index contributed by atoms with van der Waals surface area (Å²) in [6, 6.07) is 0. The maximum absolute atomic E-state index is 9.13. The molecule has 0 rings (SSSR count). The normalized spacial score (nSPS) is 13.9. The lowest BCUT2D eigenvalue weighted by atomic mass is 10.1. The van der Waals surface area contributed by atoms with Gasteiger partial charge in [-0.3, -0.25) is 0 Å². The molecule has 0 bridgehead atoms. The second kappa shape index (κ2) is 6.58. The summed E-state index contributed by atoms with van der Waals surface area (Å²) >= 11 is 0. The SMILES string of the molecule is CCCCCC(O)CC(O)O. The summed E-state index contributed by atoms with van der Waals surface area (Å²) < 4.78 is 0. The van der Waals surface area contributed by atoms with Gasteiger partial charge in [0.25, 0.3) is 0 Å². The highest BCUT2D eigenvalue weighted by Crippen LogP contribution is 2.07. The fourth-order valence-electron chi connectivity index (χ4n) is 0.991. The third-order valence-electron chi connectivity index (χ3n) is 1.62. The molecule has 1 atom stereocenters. The minimum Gasteiger partial charge on any atom is -0.393 e. The van der Waals surface area contributed by atoms with E-state index in [-0.39, 0.29) is 6.42 Å². The highest BCUT2D eigenvalue weighted by molar-refractivity contribution is 4.56. The Hall–Kier alpha value is -0.120. The average Bonchev–Trinajstić information content (AvgIpc) is 1.86. The molecule has 3 N–H and O–H groups in total. The number of unbranched alkanes of at least 4 members (excludes halogenated alkanes) is 2. The Morgan fingerprint density at radius 2 is 1.73 bits per heavy atom. The summed E-state index contributed by atoms with van der Waals surface area (Å²) in [5, 5.41) is 26.1. The van der Waals surface area contributed by atoms with Crippen LogP contribution in [0.15, 0.2) is 0 Å². The van der Waals surface area contributed by atoms with Crippen molar-refractivity contribution < 1.29 is 15.3 Å². The number of hydrogen-bond donors (Lipinski definition) is 3. The summed E-state index contributed by atoms with van der Waals surface area (Å²) in [4.78, 5) is 0. The van der Waals surface area contributed by atoms with E-state index in [2.05, 4.69) is 6.92 Å². The van der Waals surface area contributed by atoms with Crippen molar-refractivity contribution >= 4 is 0 Å². The molecular weight excluding hydrogens is 144 g/mol. The molecule has 0 heterocycles. The third-order valence-corrected chi connectivity index (χ3v) is 1.62.